The number of carbonyl (C=O) groups excluding carboxylic acids is 2. The topological polar surface area (TPSA) is 169 Å². The molecule has 2 aliphatic rings. The van der Waals surface area contributed by atoms with E-state index in [4.69, 9.17) is 9.84 Å². The number of piperidine rings is 1. The second-order valence-corrected chi connectivity index (χ2v) is 15.1. The third-order valence-electron chi connectivity index (χ3n) is 7.81. The first kappa shape index (κ1) is 32.1. The van der Waals surface area contributed by atoms with Crippen molar-refractivity contribution < 1.29 is 31.2 Å². The smallest absolute Gasteiger partial charge is 0.309 e. The molecule has 2 aromatic carbocycles. The number of benzene rings is 2. The largest absolute Gasteiger partial charge is 0.466 e. The van der Waals surface area contributed by atoms with Gasteiger partial charge < -0.3 is 10.1 Å². The number of rotatable bonds is 9. The van der Waals surface area contributed by atoms with E-state index in [1.54, 1.807) is 29.9 Å². The number of hydrogen-bond acceptors (Lipinski definition) is 9. The van der Waals surface area contributed by atoms with Crippen LogP contribution in [0.25, 0.3) is 23.0 Å². The fourth-order valence-electron chi connectivity index (χ4n) is 5.45. The first-order chi connectivity index (χ1) is 21.5. The SMILES string of the molecule is CCOC(=O)C1CCN(S(=O)(=O)c2cccc(-c3nn(-c4ccccc4)cc3C=C(C#N)C(=O)NC3CCS(=O)(=O)C3)c2)CC1. The number of nitrogens with one attached hydrogen (secondary N) is 1. The van der Waals surface area contributed by atoms with Crippen LogP contribution < -0.4 is 5.32 Å². The highest BCUT2D eigenvalue weighted by Crippen LogP contribution is 2.30. The van der Waals surface area contributed by atoms with E-state index < -0.39 is 31.8 Å². The summed E-state index contributed by atoms with van der Waals surface area (Å²) in [7, 11) is -7.15. The Morgan fingerprint density at radius 3 is 2.49 bits per heavy atom. The van der Waals surface area contributed by atoms with Gasteiger partial charge in [0, 0.05) is 36.5 Å². The molecule has 5 rings (SSSR count). The number of para-hydroxylation sites is 1. The predicted molar refractivity (Wildman–Crippen MR) is 166 cm³/mol. The molecule has 1 N–H and O–H groups in total. The van der Waals surface area contributed by atoms with E-state index in [-0.39, 0.29) is 60.0 Å². The lowest BCUT2D eigenvalue weighted by atomic mass is 9.98. The van der Waals surface area contributed by atoms with Crippen molar-refractivity contribution in [3.8, 4) is 23.0 Å². The lowest BCUT2D eigenvalue weighted by molar-refractivity contribution is -0.149. The maximum Gasteiger partial charge on any atom is 0.309 e. The van der Waals surface area contributed by atoms with Crippen LogP contribution in [0.15, 0.2) is 71.3 Å². The first-order valence-corrected chi connectivity index (χ1v) is 17.8. The van der Waals surface area contributed by atoms with Crippen molar-refractivity contribution in [2.24, 2.45) is 5.92 Å². The molecule has 45 heavy (non-hydrogen) atoms. The molecule has 1 amide bonds. The van der Waals surface area contributed by atoms with Crippen molar-refractivity contribution in [1.29, 1.82) is 5.26 Å². The van der Waals surface area contributed by atoms with E-state index in [0.717, 1.165) is 0 Å². The van der Waals surface area contributed by atoms with E-state index in [1.807, 2.05) is 36.4 Å². The molecule has 2 fully saturated rings. The van der Waals surface area contributed by atoms with Crippen molar-refractivity contribution in [3.63, 3.8) is 0 Å². The van der Waals surface area contributed by atoms with Crippen LogP contribution in [0.2, 0.25) is 0 Å². The van der Waals surface area contributed by atoms with Crippen molar-refractivity contribution in [1.82, 2.24) is 19.4 Å². The molecule has 2 aliphatic heterocycles. The Kier molecular flexibility index (Phi) is 9.52. The van der Waals surface area contributed by atoms with Crippen LogP contribution in [0.3, 0.4) is 0 Å². The number of aromatic nitrogens is 2. The van der Waals surface area contributed by atoms with E-state index in [9.17, 15) is 31.7 Å². The zero-order chi connectivity index (χ0) is 32.2. The first-order valence-electron chi connectivity index (χ1n) is 14.6. The van der Waals surface area contributed by atoms with Gasteiger partial charge in [-0.25, -0.2) is 21.5 Å². The molecule has 2 saturated heterocycles. The molecule has 0 spiro atoms. The number of sulfone groups is 1. The molecule has 12 nitrogen and oxygen atoms in total. The van der Waals surface area contributed by atoms with Crippen LogP contribution in [-0.2, 0) is 34.2 Å². The number of nitriles is 1. The van der Waals surface area contributed by atoms with Gasteiger partial charge >= 0.3 is 5.97 Å². The van der Waals surface area contributed by atoms with Gasteiger partial charge in [0.05, 0.1) is 34.6 Å². The minimum Gasteiger partial charge on any atom is -0.466 e. The lowest BCUT2D eigenvalue weighted by Crippen LogP contribution is -2.40. The second-order valence-electron chi connectivity index (χ2n) is 10.9. The summed E-state index contributed by atoms with van der Waals surface area (Å²) in [5, 5.41) is 17.2. The normalized spacial score (nSPS) is 19.1. The summed E-state index contributed by atoms with van der Waals surface area (Å²) in [5.41, 5.74) is 1.61. The van der Waals surface area contributed by atoms with Crippen molar-refractivity contribution in [2.45, 2.75) is 37.1 Å². The fourth-order valence-corrected chi connectivity index (χ4v) is 8.64. The lowest BCUT2D eigenvalue weighted by Gasteiger charge is -2.30. The van der Waals surface area contributed by atoms with E-state index in [1.165, 1.54) is 22.5 Å². The highest BCUT2D eigenvalue weighted by atomic mass is 32.2. The van der Waals surface area contributed by atoms with Crippen LogP contribution >= 0.6 is 0 Å². The predicted octanol–water partition coefficient (Wildman–Crippen LogP) is 2.71. The molecular formula is C31H33N5O7S2. The molecule has 3 heterocycles. The highest BCUT2D eigenvalue weighted by molar-refractivity contribution is 7.91. The number of ether oxygens (including phenoxy) is 1. The summed E-state index contributed by atoms with van der Waals surface area (Å²) < 4.78 is 59.0. The molecule has 0 aliphatic carbocycles. The highest BCUT2D eigenvalue weighted by Gasteiger charge is 2.33. The zero-order valence-electron chi connectivity index (χ0n) is 24.6. The third kappa shape index (κ3) is 7.33. The van der Waals surface area contributed by atoms with Crippen LogP contribution in [0.1, 0.15) is 31.7 Å². The third-order valence-corrected chi connectivity index (χ3v) is 11.5. The van der Waals surface area contributed by atoms with Gasteiger partial charge in [0.2, 0.25) is 10.0 Å². The summed E-state index contributed by atoms with van der Waals surface area (Å²) in [6.07, 6.45) is 3.99. The second kappa shape index (κ2) is 13.4. The molecule has 0 bridgehead atoms. The number of sulfonamides is 1. The van der Waals surface area contributed by atoms with Gasteiger partial charge in [0.1, 0.15) is 17.3 Å². The van der Waals surface area contributed by atoms with Crippen molar-refractivity contribution in [2.75, 3.05) is 31.2 Å². The van der Waals surface area contributed by atoms with Crippen LogP contribution in [0.4, 0.5) is 0 Å². The van der Waals surface area contributed by atoms with E-state index in [2.05, 4.69) is 5.32 Å². The van der Waals surface area contributed by atoms with Crippen LogP contribution in [0, 0.1) is 17.2 Å². The van der Waals surface area contributed by atoms with Crippen LogP contribution in [-0.4, -0.2) is 80.0 Å². The molecule has 14 heteroatoms. The Hall–Kier alpha value is -4.32. The van der Waals surface area contributed by atoms with Gasteiger partial charge in [-0.3, -0.25) is 9.59 Å². The number of amides is 1. The molecule has 1 aromatic heterocycles. The Balaban J connectivity index is 1.46. The zero-order valence-corrected chi connectivity index (χ0v) is 26.3. The van der Waals surface area contributed by atoms with Gasteiger partial charge in [0.25, 0.3) is 5.91 Å². The summed E-state index contributed by atoms with van der Waals surface area (Å²) in [6.45, 7) is 2.35. The number of esters is 1. The Bertz CT molecular complexity index is 1870. The van der Waals surface area contributed by atoms with E-state index in [0.29, 0.717) is 35.3 Å². The molecular weight excluding hydrogens is 619 g/mol. The molecule has 0 radical (unpaired) electrons. The monoisotopic (exact) mass is 651 g/mol. The summed E-state index contributed by atoms with van der Waals surface area (Å²) in [4.78, 5) is 25.2. The van der Waals surface area contributed by atoms with Crippen molar-refractivity contribution in [3.05, 3.63) is 71.9 Å². The maximum atomic E-state index is 13.6. The quantitative estimate of drug-likeness (QED) is 0.208. The molecule has 0 saturated carbocycles. The summed E-state index contributed by atoms with van der Waals surface area (Å²) in [6, 6.07) is 16.7. The fraction of sp³-hybridized carbons (Fsp3) is 0.355. The standard InChI is InChI=1S/C31H33N5O7S2/c1-2-43-31(38)22-11-14-35(15-12-22)45(41,42)28-10-6-7-23(18-28)29-25(20-36(34-29)27-8-4-3-5-9-27)17-24(19-32)30(37)33-26-13-16-44(39,40)21-26/h3-10,17-18,20,22,26H,2,11-16,21H2,1H3,(H,33,37). The molecule has 236 valence electrons. The minimum absolute atomic E-state index is 0.0276. The Morgan fingerprint density at radius 1 is 1.11 bits per heavy atom. The number of nitrogens with zero attached hydrogens (tertiary/aromatic N) is 4. The Labute approximate surface area is 262 Å². The van der Waals surface area contributed by atoms with Gasteiger partial charge in [0.15, 0.2) is 9.84 Å². The average molecular weight is 652 g/mol. The molecule has 1 atom stereocenters. The Morgan fingerprint density at radius 2 is 1.84 bits per heavy atom. The summed E-state index contributed by atoms with van der Waals surface area (Å²) >= 11 is 0. The van der Waals surface area contributed by atoms with E-state index >= 15 is 0 Å². The number of hydrogen-bond donors (Lipinski definition) is 1. The van der Waals surface area contributed by atoms with Gasteiger partial charge in [-0.15, -0.1) is 0 Å². The molecule has 1 unspecified atom stereocenters. The average Bonchev–Trinajstić information content (AvgIpc) is 3.62. The van der Waals surface area contributed by atoms with Gasteiger partial charge in [-0.1, -0.05) is 30.3 Å². The number of carbonyl (C=O) groups is 2. The molecule has 3 aromatic rings. The van der Waals surface area contributed by atoms with Gasteiger partial charge in [-0.05, 0) is 56.5 Å². The summed E-state index contributed by atoms with van der Waals surface area (Å²) in [5.74, 6) is -1.58. The van der Waals surface area contributed by atoms with Crippen molar-refractivity contribution >= 4 is 37.8 Å². The minimum atomic E-state index is -3.91. The van der Waals surface area contributed by atoms with Crippen LogP contribution in [0.5, 0.6) is 0 Å². The maximum absolute atomic E-state index is 13.6. The van der Waals surface area contributed by atoms with Gasteiger partial charge in [-0.2, -0.15) is 14.7 Å².